The summed E-state index contributed by atoms with van der Waals surface area (Å²) in [4.78, 5) is 33.6. The summed E-state index contributed by atoms with van der Waals surface area (Å²) in [7, 11) is 1.93. The maximum atomic E-state index is 12.6. The van der Waals surface area contributed by atoms with Crippen LogP contribution in [0.4, 0.5) is 0 Å². The molecule has 1 aliphatic rings. The Morgan fingerprint density at radius 1 is 1.48 bits per heavy atom. The van der Waals surface area contributed by atoms with Gasteiger partial charge in [0, 0.05) is 56.8 Å². The second-order valence-electron chi connectivity index (χ2n) is 6.16. The number of carbonyl (C=O) groups excluding carboxylic acids is 2. The van der Waals surface area contributed by atoms with Gasteiger partial charge in [0.25, 0.3) is 5.91 Å². The highest BCUT2D eigenvalue weighted by Crippen LogP contribution is 2.32. The second-order valence-corrected chi connectivity index (χ2v) is 7.83. The van der Waals surface area contributed by atoms with E-state index >= 15 is 0 Å². The molecule has 0 bridgehead atoms. The number of carbonyl (C=O) groups is 2. The monoisotopic (exact) mass is 403 g/mol. The maximum absolute atomic E-state index is 12.6. The zero-order valence-corrected chi connectivity index (χ0v) is 16.6. The van der Waals surface area contributed by atoms with Crippen LogP contribution in [0.5, 0.6) is 0 Å². The van der Waals surface area contributed by atoms with Gasteiger partial charge >= 0.3 is 0 Å². The number of nitrogens with one attached hydrogen (secondary N) is 2. The molecule has 0 radical (unpaired) electrons. The van der Waals surface area contributed by atoms with Gasteiger partial charge in [0.05, 0.1) is 11.2 Å². The minimum atomic E-state index is -0.0918. The number of thiocarbonyl (C=S) groups is 1. The first kappa shape index (κ1) is 19.4. The zero-order valence-electron chi connectivity index (χ0n) is 15.0. The summed E-state index contributed by atoms with van der Waals surface area (Å²) in [5.41, 5.74) is 1.94. The van der Waals surface area contributed by atoms with Crippen LogP contribution >= 0.6 is 24.0 Å². The number of H-pyrrole nitrogens is 1. The lowest BCUT2D eigenvalue weighted by atomic mass is 10.2. The molecule has 1 fully saturated rings. The van der Waals surface area contributed by atoms with Crippen LogP contribution in [-0.4, -0.2) is 48.7 Å². The molecule has 0 aromatic carbocycles. The molecule has 3 heterocycles. The van der Waals surface area contributed by atoms with Gasteiger partial charge in [0.1, 0.15) is 4.32 Å². The van der Waals surface area contributed by atoms with E-state index in [1.807, 2.05) is 36.0 Å². The molecule has 0 saturated carbocycles. The first-order valence-electron chi connectivity index (χ1n) is 8.65. The van der Waals surface area contributed by atoms with Crippen LogP contribution < -0.4 is 5.32 Å². The summed E-state index contributed by atoms with van der Waals surface area (Å²) in [6.45, 7) is 1.00. The van der Waals surface area contributed by atoms with E-state index in [1.165, 1.54) is 11.8 Å². The molecular weight excluding hydrogens is 382 g/mol. The molecule has 0 spiro atoms. The van der Waals surface area contributed by atoms with E-state index < -0.39 is 0 Å². The van der Waals surface area contributed by atoms with Crippen molar-refractivity contribution < 1.29 is 9.59 Å². The van der Waals surface area contributed by atoms with Crippen molar-refractivity contribution in [3.8, 4) is 0 Å². The topological polar surface area (TPSA) is 83.0 Å². The number of nitrogens with zero attached hydrogens (tertiary/aromatic N) is 3. The van der Waals surface area contributed by atoms with Gasteiger partial charge in [-0.2, -0.15) is 0 Å². The van der Waals surface area contributed by atoms with Crippen molar-refractivity contribution in [1.82, 2.24) is 24.8 Å². The predicted octanol–water partition coefficient (Wildman–Crippen LogP) is 2.09. The standard InChI is InChI=1S/C18H21N5O2S2/c1-22-8-2-4-14(22)10-15-17(25)23(18(26)27-15)9-3-5-16(24)20-7-6-13-11-19-12-21-13/h2,4,8,10-12H,3,5-7,9H2,1H3,(H,19,21)(H,20,24). The minimum Gasteiger partial charge on any atom is -0.356 e. The molecular formula is C18H21N5O2S2. The van der Waals surface area contributed by atoms with E-state index in [2.05, 4.69) is 15.3 Å². The molecule has 9 heteroatoms. The van der Waals surface area contributed by atoms with Crippen LogP contribution in [0.3, 0.4) is 0 Å². The van der Waals surface area contributed by atoms with Gasteiger partial charge in [-0.3, -0.25) is 14.5 Å². The van der Waals surface area contributed by atoms with E-state index in [4.69, 9.17) is 12.2 Å². The third-order valence-electron chi connectivity index (χ3n) is 4.19. The fraction of sp³-hybridized carbons (Fsp3) is 0.333. The molecule has 0 unspecified atom stereocenters. The lowest BCUT2D eigenvalue weighted by Gasteiger charge is -2.14. The fourth-order valence-corrected chi connectivity index (χ4v) is 3.99. The van der Waals surface area contributed by atoms with Crippen molar-refractivity contribution in [2.45, 2.75) is 19.3 Å². The second kappa shape index (κ2) is 9.01. The third kappa shape index (κ3) is 5.08. The lowest BCUT2D eigenvalue weighted by Crippen LogP contribution is -2.31. The van der Waals surface area contributed by atoms with Crippen molar-refractivity contribution >= 4 is 46.2 Å². The minimum absolute atomic E-state index is 0.0284. The molecule has 7 nitrogen and oxygen atoms in total. The number of aryl methyl sites for hydroxylation is 1. The molecule has 1 aliphatic heterocycles. The van der Waals surface area contributed by atoms with Crippen molar-refractivity contribution in [2.75, 3.05) is 13.1 Å². The van der Waals surface area contributed by atoms with Crippen molar-refractivity contribution in [2.24, 2.45) is 7.05 Å². The molecule has 2 N–H and O–H groups in total. The molecule has 2 amide bonds. The van der Waals surface area contributed by atoms with Crippen LogP contribution in [0.1, 0.15) is 24.2 Å². The summed E-state index contributed by atoms with van der Waals surface area (Å²) in [6.07, 6.45) is 8.77. The van der Waals surface area contributed by atoms with Gasteiger partial charge in [0.2, 0.25) is 5.91 Å². The number of aromatic nitrogens is 3. The normalized spacial score (nSPS) is 15.7. The Morgan fingerprint density at radius 3 is 3.04 bits per heavy atom. The first-order valence-corrected chi connectivity index (χ1v) is 9.87. The van der Waals surface area contributed by atoms with Gasteiger partial charge in [-0.05, 0) is 24.6 Å². The Morgan fingerprint density at radius 2 is 2.33 bits per heavy atom. The van der Waals surface area contributed by atoms with Crippen LogP contribution in [0.15, 0.2) is 35.8 Å². The number of hydrogen-bond acceptors (Lipinski definition) is 5. The predicted molar refractivity (Wildman–Crippen MR) is 110 cm³/mol. The number of aromatic amines is 1. The van der Waals surface area contributed by atoms with E-state index in [0.717, 1.165) is 11.4 Å². The molecule has 27 heavy (non-hydrogen) atoms. The van der Waals surface area contributed by atoms with Gasteiger partial charge in [-0.25, -0.2) is 4.98 Å². The number of hydrogen-bond donors (Lipinski definition) is 2. The number of amides is 2. The highest BCUT2D eigenvalue weighted by Gasteiger charge is 2.31. The first-order chi connectivity index (χ1) is 13.0. The molecule has 2 aromatic rings. The van der Waals surface area contributed by atoms with E-state index in [9.17, 15) is 9.59 Å². The summed E-state index contributed by atoms with van der Waals surface area (Å²) in [5.74, 6) is -0.120. The Kier molecular flexibility index (Phi) is 6.46. The van der Waals surface area contributed by atoms with Gasteiger partial charge in [-0.15, -0.1) is 0 Å². The highest BCUT2D eigenvalue weighted by molar-refractivity contribution is 8.26. The van der Waals surface area contributed by atoms with Crippen LogP contribution in [0.25, 0.3) is 6.08 Å². The Hall–Kier alpha value is -2.39. The number of rotatable bonds is 8. The van der Waals surface area contributed by atoms with E-state index in [-0.39, 0.29) is 11.8 Å². The Bertz CT molecular complexity index is 857. The lowest BCUT2D eigenvalue weighted by molar-refractivity contribution is -0.123. The third-order valence-corrected chi connectivity index (χ3v) is 5.57. The molecule has 3 rings (SSSR count). The average Bonchev–Trinajstić information content (AvgIpc) is 3.34. The molecule has 2 aromatic heterocycles. The number of imidazole rings is 1. The van der Waals surface area contributed by atoms with Crippen molar-refractivity contribution in [3.05, 3.63) is 47.1 Å². The molecule has 0 atom stereocenters. The molecule has 1 saturated heterocycles. The Labute approximate surface area is 167 Å². The van der Waals surface area contributed by atoms with Crippen molar-refractivity contribution in [3.63, 3.8) is 0 Å². The largest absolute Gasteiger partial charge is 0.356 e. The van der Waals surface area contributed by atoms with Crippen molar-refractivity contribution in [1.29, 1.82) is 0 Å². The SMILES string of the molecule is Cn1cccc1C=C1SC(=S)N(CCCC(=O)NCCc2cnc[nH]2)C1=O. The van der Waals surface area contributed by atoms with Crippen LogP contribution in [0, 0.1) is 0 Å². The highest BCUT2D eigenvalue weighted by atomic mass is 32.2. The Balaban J connectivity index is 1.43. The van der Waals surface area contributed by atoms with Gasteiger partial charge in [-0.1, -0.05) is 24.0 Å². The summed E-state index contributed by atoms with van der Waals surface area (Å²) < 4.78 is 2.49. The molecule has 0 aliphatic carbocycles. The quantitative estimate of drug-likeness (QED) is 0.521. The smallest absolute Gasteiger partial charge is 0.266 e. The molecule has 142 valence electrons. The van der Waals surface area contributed by atoms with E-state index in [1.54, 1.807) is 17.4 Å². The zero-order chi connectivity index (χ0) is 19.2. The summed E-state index contributed by atoms with van der Waals surface area (Å²) >= 11 is 6.63. The van der Waals surface area contributed by atoms with Crippen LogP contribution in [-0.2, 0) is 23.1 Å². The van der Waals surface area contributed by atoms with Gasteiger partial charge in [0.15, 0.2) is 0 Å². The fourth-order valence-electron chi connectivity index (χ4n) is 2.70. The maximum Gasteiger partial charge on any atom is 0.266 e. The van der Waals surface area contributed by atoms with Crippen LogP contribution in [0.2, 0.25) is 0 Å². The number of thioether (sulfide) groups is 1. The average molecular weight is 404 g/mol. The summed E-state index contributed by atoms with van der Waals surface area (Å²) in [6, 6.07) is 3.87. The van der Waals surface area contributed by atoms with Gasteiger partial charge < -0.3 is 14.9 Å². The summed E-state index contributed by atoms with van der Waals surface area (Å²) in [5, 5.41) is 2.87. The van der Waals surface area contributed by atoms with E-state index in [0.29, 0.717) is 41.6 Å².